The van der Waals surface area contributed by atoms with Crippen LogP contribution in [-0.4, -0.2) is 76.1 Å². The lowest BCUT2D eigenvalue weighted by molar-refractivity contribution is -0.146. The Balaban J connectivity index is 1.31. The molecule has 3 aliphatic rings. The van der Waals surface area contributed by atoms with Crippen molar-refractivity contribution in [2.24, 2.45) is 5.92 Å². The number of carbonyl (C=O) groups is 2. The largest absolute Gasteiger partial charge is 0.497 e. The molecule has 1 spiro atoms. The van der Waals surface area contributed by atoms with Gasteiger partial charge < -0.3 is 38.7 Å². The number of rotatable bonds is 14. The highest BCUT2D eigenvalue weighted by Crippen LogP contribution is 2.60. The zero-order valence-electron chi connectivity index (χ0n) is 30.2. The highest BCUT2D eigenvalue weighted by molar-refractivity contribution is 6.72. The van der Waals surface area contributed by atoms with Gasteiger partial charge in [0.15, 0.2) is 5.60 Å². The van der Waals surface area contributed by atoms with E-state index in [1.807, 2.05) is 74.5 Å². The van der Waals surface area contributed by atoms with E-state index in [4.69, 9.17) is 14.2 Å². The zero-order valence-corrected chi connectivity index (χ0v) is 31.2. The molecule has 1 unspecified atom stereocenters. The Morgan fingerprint density at radius 3 is 2.39 bits per heavy atom. The fraction of sp³-hybridized carbons (Fsp3) is 0.487. The van der Waals surface area contributed by atoms with Crippen LogP contribution in [0.15, 0.2) is 60.7 Å². The summed E-state index contributed by atoms with van der Waals surface area (Å²) < 4.78 is 33.9. The van der Waals surface area contributed by atoms with E-state index in [0.717, 1.165) is 29.0 Å². The Hall–Kier alpha value is -3.81. The molecule has 12 heteroatoms. The fourth-order valence-electron chi connectivity index (χ4n) is 8.36. The average molecular weight is 720 g/mol. The van der Waals surface area contributed by atoms with E-state index in [0.29, 0.717) is 48.7 Å². The minimum Gasteiger partial charge on any atom is -0.497 e. The molecule has 0 aliphatic carbocycles. The number of nitrogens with one attached hydrogen (secondary N) is 1. The van der Waals surface area contributed by atoms with Crippen LogP contribution in [0.3, 0.4) is 0 Å². The maximum atomic E-state index is 15.9. The fourth-order valence-corrected chi connectivity index (χ4v) is 10.9. The lowest BCUT2D eigenvalue weighted by atomic mass is 9.82. The third-order valence-corrected chi connectivity index (χ3v) is 13.1. The minimum atomic E-state index is -3.32. The summed E-state index contributed by atoms with van der Waals surface area (Å²) in [6.45, 7) is 8.45. The molecule has 6 rings (SSSR count). The van der Waals surface area contributed by atoms with E-state index in [9.17, 15) is 19.8 Å². The summed E-state index contributed by atoms with van der Waals surface area (Å²) in [5.74, 6) is 0.527. The van der Waals surface area contributed by atoms with E-state index in [2.05, 4.69) is 5.32 Å². The summed E-state index contributed by atoms with van der Waals surface area (Å²) in [6.07, 6.45) is 1.59. The molecule has 51 heavy (non-hydrogen) atoms. The van der Waals surface area contributed by atoms with Crippen molar-refractivity contribution >= 4 is 37.3 Å². The van der Waals surface area contributed by atoms with E-state index < -0.39 is 37.6 Å². The van der Waals surface area contributed by atoms with Gasteiger partial charge in [0.2, 0.25) is 14.3 Å². The van der Waals surface area contributed by atoms with Crippen LogP contribution < -0.4 is 24.6 Å². The van der Waals surface area contributed by atoms with Crippen LogP contribution in [0.4, 0.5) is 21.2 Å². The number of nitrogens with zero attached hydrogens (tertiary/aromatic N) is 2. The van der Waals surface area contributed by atoms with Gasteiger partial charge in [-0.25, -0.2) is 0 Å². The predicted octanol–water partition coefficient (Wildman–Crippen LogP) is 5.75. The molecule has 1 fully saturated rings. The first-order valence-corrected chi connectivity index (χ1v) is 20.9. The molecule has 3 aromatic carbocycles. The number of carbonyl (C=O) groups excluding carboxylic acids is 2. The summed E-state index contributed by atoms with van der Waals surface area (Å²) in [4.78, 5) is 32.1. The number of amides is 2. The molecule has 10 nitrogen and oxygen atoms in total. The number of halogens is 1. The number of anilines is 3. The van der Waals surface area contributed by atoms with Crippen molar-refractivity contribution in [2.75, 3.05) is 43.3 Å². The van der Waals surface area contributed by atoms with Gasteiger partial charge in [-0.2, -0.15) is 0 Å². The predicted molar refractivity (Wildman–Crippen MR) is 197 cm³/mol. The van der Waals surface area contributed by atoms with Gasteiger partial charge in [0.1, 0.15) is 11.5 Å². The highest BCUT2D eigenvalue weighted by Gasteiger charge is 2.66. The second-order valence-electron chi connectivity index (χ2n) is 14.3. The standard InChI is InChI=1S/C39H50FN3O7Si/c1-6-49-30-14-15-33-27(21-30)22-32(41-18-7-8-19-44)37(46)43(33)28-11-9-26(10-12-28)24-42-34-16-13-29(48-3)23-31(34)39(38(42)47)25(2)36(51(4,5)40)35(50-39)17-20-45/h9-16,21,23,25,32,35-36,41,44-45H,6-8,17-20,22,24H2,1-5H3/t25-,32?,35+,36-,39+/m1/s1. The van der Waals surface area contributed by atoms with Crippen molar-refractivity contribution < 1.29 is 38.1 Å². The van der Waals surface area contributed by atoms with Crippen molar-refractivity contribution in [1.29, 1.82) is 0 Å². The molecule has 5 atom stereocenters. The van der Waals surface area contributed by atoms with Gasteiger partial charge in [-0.1, -0.05) is 19.1 Å². The van der Waals surface area contributed by atoms with Crippen LogP contribution in [0.1, 0.15) is 49.8 Å². The molecule has 0 saturated carbocycles. The van der Waals surface area contributed by atoms with Gasteiger partial charge in [-0.05, 0) is 112 Å². The molecule has 0 bridgehead atoms. The lowest BCUT2D eigenvalue weighted by Gasteiger charge is -2.35. The second kappa shape index (κ2) is 15.0. The van der Waals surface area contributed by atoms with Gasteiger partial charge in [0.25, 0.3) is 5.91 Å². The van der Waals surface area contributed by atoms with Gasteiger partial charge in [-0.15, -0.1) is 0 Å². The molecule has 3 aromatic rings. The van der Waals surface area contributed by atoms with Crippen LogP contribution >= 0.6 is 0 Å². The molecule has 0 radical (unpaired) electrons. The Kier molecular flexibility index (Phi) is 10.9. The maximum Gasteiger partial charge on any atom is 0.264 e. The zero-order chi connectivity index (χ0) is 36.5. The van der Waals surface area contributed by atoms with Crippen molar-refractivity contribution in [3.8, 4) is 11.5 Å². The first-order chi connectivity index (χ1) is 24.5. The third kappa shape index (κ3) is 6.80. The number of fused-ring (bicyclic) bond motifs is 3. The monoisotopic (exact) mass is 719 g/mol. The van der Waals surface area contributed by atoms with Gasteiger partial charge in [0.05, 0.1) is 43.8 Å². The van der Waals surface area contributed by atoms with E-state index in [-0.39, 0.29) is 38.0 Å². The summed E-state index contributed by atoms with van der Waals surface area (Å²) in [7, 11) is -1.75. The molecule has 3 heterocycles. The van der Waals surface area contributed by atoms with E-state index >= 15 is 4.11 Å². The average Bonchev–Trinajstić information content (AvgIpc) is 3.53. The van der Waals surface area contributed by atoms with Crippen molar-refractivity contribution in [1.82, 2.24) is 5.32 Å². The van der Waals surface area contributed by atoms with Crippen LogP contribution in [0, 0.1) is 5.92 Å². The molecule has 274 valence electrons. The number of methoxy groups -OCH3 is 1. The van der Waals surface area contributed by atoms with Crippen LogP contribution in [0.25, 0.3) is 0 Å². The number of benzene rings is 3. The van der Waals surface area contributed by atoms with Crippen molar-refractivity contribution in [3.05, 3.63) is 77.4 Å². The summed E-state index contributed by atoms with van der Waals surface area (Å²) in [5.41, 5.74) is 2.76. The molecular weight excluding hydrogens is 670 g/mol. The Labute approximate surface area is 300 Å². The summed E-state index contributed by atoms with van der Waals surface area (Å²) in [5, 5.41) is 22.5. The first-order valence-electron chi connectivity index (χ1n) is 18.0. The van der Waals surface area contributed by atoms with Gasteiger partial charge in [-0.3, -0.25) is 14.5 Å². The molecule has 3 N–H and O–H groups in total. The molecule has 2 amide bonds. The SMILES string of the molecule is CCOc1ccc2c(c1)CC(NCCCCO)C(=O)N2c1ccc(CN2C(=O)[C@@]3(O[C@@H](CCO)[C@H]([Si](C)(C)F)[C@H]3C)c3cc(OC)ccc32)cc1. The van der Waals surface area contributed by atoms with Crippen LogP contribution in [0.2, 0.25) is 18.6 Å². The third-order valence-electron chi connectivity index (χ3n) is 10.6. The topological polar surface area (TPSA) is 121 Å². The second-order valence-corrected chi connectivity index (χ2v) is 18.1. The number of ether oxygens (including phenoxy) is 3. The van der Waals surface area contributed by atoms with E-state index in [1.165, 1.54) is 0 Å². The van der Waals surface area contributed by atoms with E-state index in [1.54, 1.807) is 30.0 Å². The maximum absolute atomic E-state index is 15.9. The molecule has 3 aliphatic heterocycles. The Bertz CT molecular complexity index is 1730. The number of hydrogen-bond donors (Lipinski definition) is 3. The minimum absolute atomic E-state index is 0.0679. The quantitative estimate of drug-likeness (QED) is 0.110. The number of aliphatic hydroxyl groups excluding tert-OH is 2. The first kappa shape index (κ1) is 37.0. The van der Waals surface area contributed by atoms with Crippen molar-refractivity contribution in [2.45, 2.75) is 82.5 Å². The van der Waals surface area contributed by atoms with Crippen LogP contribution in [0.5, 0.6) is 11.5 Å². The molecule has 1 saturated heterocycles. The highest BCUT2D eigenvalue weighted by atomic mass is 28.4. The van der Waals surface area contributed by atoms with Gasteiger partial charge >= 0.3 is 0 Å². The normalized spacial score (nSPS) is 24.3. The van der Waals surface area contributed by atoms with Gasteiger partial charge in [0, 0.05) is 35.9 Å². The lowest BCUT2D eigenvalue weighted by Crippen LogP contribution is -2.49. The molecule has 0 aromatic heterocycles. The van der Waals surface area contributed by atoms with Crippen molar-refractivity contribution in [3.63, 3.8) is 0 Å². The Morgan fingerprint density at radius 1 is 1.00 bits per heavy atom. The smallest absolute Gasteiger partial charge is 0.264 e. The molecular formula is C39H50FN3O7Si. The summed E-state index contributed by atoms with van der Waals surface area (Å²) >= 11 is 0. The number of aliphatic hydroxyl groups is 2. The van der Waals surface area contributed by atoms with Crippen LogP contribution in [-0.2, 0) is 32.9 Å². The number of unbranched alkanes of at least 4 members (excludes halogenated alkanes) is 1. The summed E-state index contributed by atoms with van der Waals surface area (Å²) in [6, 6.07) is 18.5. The number of hydrogen-bond acceptors (Lipinski definition) is 8. The Morgan fingerprint density at radius 2 is 1.73 bits per heavy atom.